The molecule has 1 N–H and O–H groups in total. The molecule has 26 heavy (non-hydrogen) atoms. The zero-order valence-electron chi connectivity index (χ0n) is 16.1. The van der Waals surface area contributed by atoms with Gasteiger partial charge < -0.3 is 15.0 Å². The second kappa shape index (κ2) is 14.0. The molecule has 0 aromatic heterocycles. The Morgan fingerprint density at radius 3 is 2.58 bits per heavy atom. The van der Waals surface area contributed by atoms with Gasteiger partial charge in [0.15, 0.2) is 5.96 Å². The van der Waals surface area contributed by atoms with Crippen molar-refractivity contribution in [1.29, 1.82) is 0 Å². The van der Waals surface area contributed by atoms with Crippen molar-refractivity contribution in [3.05, 3.63) is 42.0 Å². The molecule has 1 saturated heterocycles. The van der Waals surface area contributed by atoms with Gasteiger partial charge in [0, 0.05) is 59.5 Å². The molecule has 146 valence electrons. The zero-order chi connectivity index (χ0) is 17.7. The lowest BCUT2D eigenvalue weighted by Crippen LogP contribution is -2.52. The van der Waals surface area contributed by atoms with Gasteiger partial charge >= 0.3 is 0 Å². The predicted molar refractivity (Wildman–Crippen MR) is 121 cm³/mol. The van der Waals surface area contributed by atoms with E-state index < -0.39 is 0 Å². The number of piperazine rings is 1. The van der Waals surface area contributed by atoms with E-state index in [0.29, 0.717) is 0 Å². The minimum Gasteiger partial charge on any atom is -0.382 e. The Labute approximate surface area is 175 Å². The average molecular weight is 472 g/mol. The largest absolute Gasteiger partial charge is 0.382 e. The molecule has 1 fully saturated rings. The van der Waals surface area contributed by atoms with Gasteiger partial charge in [0.1, 0.15) is 0 Å². The summed E-state index contributed by atoms with van der Waals surface area (Å²) >= 11 is 0. The summed E-state index contributed by atoms with van der Waals surface area (Å²) in [5.74, 6) is 1.01. The molecular formula is C20H33IN4O. The molecule has 0 bridgehead atoms. The number of nitrogens with one attached hydrogen (secondary N) is 1. The van der Waals surface area contributed by atoms with E-state index in [-0.39, 0.29) is 24.0 Å². The lowest BCUT2D eigenvalue weighted by molar-refractivity contribution is 0.145. The molecule has 1 heterocycles. The number of nitrogens with zero attached hydrogens (tertiary/aromatic N) is 3. The van der Waals surface area contributed by atoms with Crippen LogP contribution in [0.2, 0.25) is 0 Å². The molecular weight excluding hydrogens is 439 g/mol. The Morgan fingerprint density at radius 1 is 1.19 bits per heavy atom. The number of hydrogen-bond donors (Lipinski definition) is 1. The normalized spacial score (nSPS) is 15.9. The van der Waals surface area contributed by atoms with Crippen LogP contribution in [0, 0.1) is 0 Å². The van der Waals surface area contributed by atoms with Crippen LogP contribution in [-0.2, 0) is 4.74 Å². The van der Waals surface area contributed by atoms with Gasteiger partial charge in [-0.05, 0) is 18.9 Å². The van der Waals surface area contributed by atoms with Crippen LogP contribution in [0.4, 0.5) is 0 Å². The van der Waals surface area contributed by atoms with Crippen molar-refractivity contribution in [1.82, 2.24) is 15.1 Å². The molecule has 0 radical (unpaired) electrons. The van der Waals surface area contributed by atoms with E-state index in [1.807, 2.05) is 20.0 Å². The van der Waals surface area contributed by atoms with E-state index in [4.69, 9.17) is 4.74 Å². The van der Waals surface area contributed by atoms with E-state index in [9.17, 15) is 0 Å². The molecule has 5 nitrogen and oxygen atoms in total. The Balaban J connectivity index is 0.00000338. The highest BCUT2D eigenvalue weighted by Gasteiger charge is 2.18. The molecule has 0 atom stereocenters. The van der Waals surface area contributed by atoms with Crippen LogP contribution in [0.1, 0.15) is 18.9 Å². The van der Waals surface area contributed by atoms with Crippen LogP contribution in [0.15, 0.2) is 41.4 Å². The topological polar surface area (TPSA) is 40.1 Å². The van der Waals surface area contributed by atoms with Gasteiger partial charge in [-0.2, -0.15) is 0 Å². The maximum atomic E-state index is 5.37. The third kappa shape index (κ3) is 8.51. The quantitative estimate of drug-likeness (QED) is 0.274. The summed E-state index contributed by atoms with van der Waals surface area (Å²) < 4.78 is 5.37. The summed E-state index contributed by atoms with van der Waals surface area (Å²) in [4.78, 5) is 9.24. The number of aliphatic imine (C=N–C) groups is 1. The molecule has 1 aromatic carbocycles. The standard InChI is InChI=1S/C20H32N4O.HI/c1-3-25-18-8-12-22-20(21-2)24-16-14-23(15-17-24)13-7-11-19-9-5-4-6-10-19;/h4-7,9-11H,3,8,12-18H2,1-2H3,(H,21,22);1H/b11-7+;. The molecule has 0 amide bonds. The van der Waals surface area contributed by atoms with Crippen LogP contribution < -0.4 is 5.32 Å². The van der Waals surface area contributed by atoms with Crippen LogP contribution in [-0.4, -0.2) is 75.3 Å². The minimum absolute atomic E-state index is 0. The molecule has 1 aliphatic rings. The third-order valence-electron chi connectivity index (χ3n) is 4.31. The first-order chi connectivity index (χ1) is 12.3. The summed E-state index contributed by atoms with van der Waals surface area (Å²) in [7, 11) is 1.86. The lowest BCUT2D eigenvalue weighted by Gasteiger charge is -2.36. The molecule has 0 saturated carbocycles. The molecule has 0 unspecified atom stereocenters. The fourth-order valence-corrected chi connectivity index (χ4v) is 2.90. The fourth-order valence-electron chi connectivity index (χ4n) is 2.90. The molecule has 0 aliphatic carbocycles. The van der Waals surface area contributed by atoms with E-state index in [0.717, 1.165) is 64.9 Å². The minimum atomic E-state index is 0. The van der Waals surface area contributed by atoms with E-state index in [1.54, 1.807) is 0 Å². The number of rotatable bonds is 8. The maximum Gasteiger partial charge on any atom is 0.193 e. The summed E-state index contributed by atoms with van der Waals surface area (Å²) in [6, 6.07) is 10.5. The van der Waals surface area contributed by atoms with E-state index >= 15 is 0 Å². The maximum absolute atomic E-state index is 5.37. The van der Waals surface area contributed by atoms with Crippen LogP contribution in [0.25, 0.3) is 6.08 Å². The second-order valence-electron chi connectivity index (χ2n) is 6.13. The molecule has 0 spiro atoms. The van der Waals surface area contributed by atoms with Crippen molar-refractivity contribution < 1.29 is 4.74 Å². The third-order valence-corrected chi connectivity index (χ3v) is 4.31. The van der Waals surface area contributed by atoms with Gasteiger partial charge in [-0.3, -0.25) is 9.89 Å². The van der Waals surface area contributed by atoms with E-state index in [2.05, 4.69) is 56.5 Å². The number of benzene rings is 1. The van der Waals surface area contributed by atoms with Gasteiger partial charge in [-0.25, -0.2) is 0 Å². The summed E-state index contributed by atoms with van der Waals surface area (Å²) in [5.41, 5.74) is 1.26. The van der Waals surface area contributed by atoms with Gasteiger partial charge in [0.25, 0.3) is 0 Å². The van der Waals surface area contributed by atoms with Gasteiger partial charge in [-0.1, -0.05) is 42.5 Å². The van der Waals surface area contributed by atoms with Crippen molar-refractivity contribution >= 4 is 36.0 Å². The smallest absolute Gasteiger partial charge is 0.193 e. The van der Waals surface area contributed by atoms with E-state index in [1.165, 1.54) is 5.56 Å². The molecule has 2 rings (SSSR count). The van der Waals surface area contributed by atoms with Crippen molar-refractivity contribution in [2.45, 2.75) is 13.3 Å². The summed E-state index contributed by atoms with van der Waals surface area (Å²) in [5, 5.41) is 3.44. The molecule has 1 aliphatic heterocycles. The van der Waals surface area contributed by atoms with Crippen molar-refractivity contribution in [2.24, 2.45) is 4.99 Å². The SMILES string of the molecule is CCOCCCNC(=NC)N1CCN(C/C=C/c2ccccc2)CC1.I. The molecule has 6 heteroatoms. The monoisotopic (exact) mass is 472 g/mol. The Hall–Kier alpha value is -1.12. The number of ether oxygens (including phenoxy) is 1. The van der Waals surface area contributed by atoms with Gasteiger partial charge in [-0.15, -0.1) is 24.0 Å². The highest BCUT2D eigenvalue weighted by Crippen LogP contribution is 2.05. The van der Waals surface area contributed by atoms with Crippen molar-refractivity contribution in [2.75, 3.05) is 59.5 Å². The van der Waals surface area contributed by atoms with Crippen LogP contribution in [0.5, 0.6) is 0 Å². The number of halogens is 1. The lowest BCUT2D eigenvalue weighted by atomic mass is 10.2. The number of hydrogen-bond acceptors (Lipinski definition) is 3. The second-order valence-corrected chi connectivity index (χ2v) is 6.13. The van der Waals surface area contributed by atoms with Crippen molar-refractivity contribution in [3.63, 3.8) is 0 Å². The number of guanidine groups is 1. The highest BCUT2D eigenvalue weighted by atomic mass is 127. The fraction of sp³-hybridized carbons (Fsp3) is 0.550. The Bertz CT molecular complexity index is 528. The Morgan fingerprint density at radius 2 is 1.92 bits per heavy atom. The first-order valence-corrected chi connectivity index (χ1v) is 9.30. The summed E-state index contributed by atoms with van der Waals surface area (Å²) in [6.07, 6.45) is 5.47. The zero-order valence-corrected chi connectivity index (χ0v) is 18.4. The summed E-state index contributed by atoms with van der Waals surface area (Å²) in [6.45, 7) is 9.71. The highest BCUT2D eigenvalue weighted by molar-refractivity contribution is 14.0. The van der Waals surface area contributed by atoms with Crippen LogP contribution in [0.3, 0.4) is 0 Å². The predicted octanol–water partition coefficient (Wildman–Crippen LogP) is 2.94. The first-order valence-electron chi connectivity index (χ1n) is 9.30. The first kappa shape index (κ1) is 22.9. The average Bonchev–Trinajstić information content (AvgIpc) is 2.66. The van der Waals surface area contributed by atoms with Crippen LogP contribution >= 0.6 is 24.0 Å². The molecule has 1 aromatic rings. The van der Waals surface area contributed by atoms with Crippen molar-refractivity contribution in [3.8, 4) is 0 Å². The van der Waals surface area contributed by atoms with Gasteiger partial charge in [0.05, 0.1) is 0 Å². The van der Waals surface area contributed by atoms with Gasteiger partial charge in [0.2, 0.25) is 0 Å². The Kier molecular flexibility index (Phi) is 12.3.